The van der Waals surface area contributed by atoms with E-state index >= 15 is 0 Å². The molecule has 2 rings (SSSR count). The van der Waals surface area contributed by atoms with Crippen LogP contribution in [0, 0.1) is 0 Å². The molecule has 3 nitrogen and oxygen atoms in total. The first-order valence-corrected chi connectivity index (χ1v) is 7.17. The van der Waals surface area contributed by atoms with Gasteiger partial charge < -0.3 is 0 Å². The number of hydrogen-bond donors (Lipinski definition) is 0. The van der Waals surface area contributed by atoms with E-state index in [-0.39, 0.29) is 5.78 Å². The molecule has 0 amide bonds. The molecule has 0 radical (unpaired) electrons. The Morgan fingerprint density at radius 3 is 2.71 bits per heavy atom. The molecule has 1 heterocycles. The zero-order chi connectivity index (χ0) is 12.1. The Hall–Kier alpha value is -1.20. The maximum Gasteiger partial charge on any atom is 0.174 e. The van der Waals surface area contributed by atoms with Gasteiger partial charge in [-0.15, -0.1) is 10.2 Å². The van der Waals surface area contributed by atoms with Crippen LogP contribution in [0.3, 0.4) is 0 Å². The van der Waals surface area contributed by atoms with Gasteiger partial charge in [0.15, 0.2) is 10.1 Å². The summed E-state index contributed by atoms with van der Waals surface area (Å²) < 4.78 is 0.837. The first-order valence-electron chi connectivity index (χ1n) is 5.30. The van der Waals surface area contributed by atoms with E-state index in [0.29, 0.717) is 5.75 Å². The topological polar surface area (TPSA) is 42.9 Å². The van der Waals surface area contributed by atoms with Crippen LogP contribution in [0.1, 0.15) is 22.8 Å². The molecule has 0 aliphatic rings. The highest BCUT2D eigenvalue weighted by molar-refractivity contribution is 8.01. The van der Waals surface area contributed by atoms with Gasteiger partial charge in [-0.05, 0) is 12.0 Å². The molecule has 0 N–H and O–H groups in total. The third-order valence-electron chi connectivity index (χ3n) is 2.35. The van der Waals surface area contributed by atoms with Gasteiger partial charge >= 0.3 is 0 Å². The molecular weight excluding hydrogens is 252 g/mol. The van der Waals surface area contributed by atoms with Crippen molar-refractivity contribution < 1.29 is 4.79 Å². The van der Waals surface area contributed by atoms with E-state index in [0.717, 1.165) is 16.3 Å². The van der Waals surface area contributed by atoms with E-state index in [4.69, 9.17) is 0 Å². The summed E-state index contributed by atoms with van der Waals surface area (Å²) in [5.41, 5.74) is 3.68. The summed E-state index contributed by atoms with van der Waals surface area (Å²) in [4.78, 5) is 11.9. The standard InChI is InChI=1S/C12H12N2OS2/c1-2-9-3-5-10(6-4-9)11(15)7-16-12-14-13-8-17-12/h3-6,8H,2,7H2,1H3. The fraction of sp³-hybridized carbons (Fsp3) is 0.250. The van der Waals surface area contributed by atoms with Gasteiger partial charge in [0.05, 0.1) is 5.75 Å². The predicted molar refractivity (Wildman–Crippen MR) is 70.8 cm³/mol. The van der Waals surface area contributed by atoms with Crippen molar-refractivity contribution in [3.63, 3.8) is 0 Å². The van der Waals surface area contributed by atoms with Crippen LogP contribution in [-0.2, 0) is 6.42 Å². The monoisotopic (exact) mass is 264 g/mol. The van der Waals surface area contributed by atoms with Crippen LogP contribution in [0.25, 0.3) is 0 Å². The second kappa shape index (κ2) is 5.93. The van der Waals surface area contributed by atoms with Crippen molar-refractivity contribution in [1.29, 1.82) is 0 Å². The largest absolute Gasteiger partial charge is 0.293 e. The van der Waals surface area contributed by atoms with Crippen molar-refractivity contribution in [2.45, 2.75) is 17.7 Å². The highest BCUT2D eigenvalue weighted by atomic mass is 32.2. The average Bonchev–Trinajstić information content (AvgIpc) is 2.89. The number of ketones is 1. The second-order valence-corrected chi connectivity index (χ2v) is 5.52. The van der Waals surface area contributed by atoms with Gasteiger partial charge in [-0.3, -0.25) is 4.79 Å². The zero-order valence-corrected chi connectivity index (χ0v) is 11.1. The number of benzene rings is 1. The SMILES string of the molecule is CCc1ccc(C(=O)CSc2nncs2)cc1. The van der Waals surface area contributed by atoms with Gasteiger partial charge in [-0.1, -0.05) is 54.3 Å². The second-order valence-electron chi connectivity index (χ2n) is 3.47. The Bertz CT molecular complexity index is 480. The third-order valence-corrected chi connectivity index (χ3v) is 4.21. The van der Waals surface area contributed by atoms with E-state index in [9.17, 15) is 4.79 Å². The fourth-order valence-corrected chi connectivity index (χ4v) is 2.75. The Balaban J connectivity index is 1.95. The van der Waals surface area contributed by atoms with Crippen molar-refractivity contribution in [3.05, 3.63) is 40.9 Å². The smallest absolute Gasteiger partial charge is 0.174 e. The van der Waals surface area contributed by atoms with E-state index in [1.807, 2.05) is 24.3 Å². The molecule has 0 saturated heterocycles. The summed E-state index contributed by atoms with van der Waals surface area (Å²) in [5.74, 6) is 0.550. The van der Waals surface area contributed by atoms with Crippen LogP contribution in [0.4, 0.5) is 0 Å². The normalized spacial score (nSPS) is 10.4. The van der Waals surface area contributed by atoms with Crippen LogP contribution in [0.15, 0.2) is 34.1 Å². The minimum absolute atomic E-state index is 0.132. The van der Waals surface area contributed by atoms with Crippen LogP contribution in [-0.4, -0.2) is 21.7 Å². The summed E-state index contributed by atoms with van der Waals surface area (Å²) in [5, 5.41) is 7.62. The van der Waals surface area contributed by atoms with E-state index in [1.54, 1.807) is 5.51 Å². The lowest BCUT2D eigenvalue weighted by Crippen LogP contribution is -2.02. The molecule has 0 aliphatic heterocycles. The predicted octanol–water partition coefficient (Wildman–Crippen LogP) is 3.08. The molecule has 1 aromatic carbocycles. The highest BCUT2D eigenvalue weighted by Crippen LogP contribution is 2.20. The Kier molecular flexibility index (Phi) is 4.28. The number of aromatic nitrogens is 2. The first kappa shape index (κ1) is 12.3. The van der Waals surface area contributed by atoms with E-state index < -0.39 is 0 Å². The molecule has 0 spiro atoms. The lowest BCUT2D eigenvalue weighted by molar-refractivity contribution is 0.102. The van der Waals surface area contributed by atoms with Crippen LogP contribution >= 0.6 is 23.1 Å². The van der Waals surface area contributed by atoms with E-state index in [1.165, 1.54) is 28.7 Å². The number of aryl methyl sites for hydroxylation is 1. The van der Waals surface area contributed by atoms with Crippen LogP contribution in [0.2, 0.25) is 0 Å². The molecular formula is C12H12N2OS2. The van der Waals surface area contributed by atoms with Crippen LogP contribution in [0.5, 0.6) is 0 Å². The molecule has 2 aromatic rings. The number of carbonyl (C=O) groups excluding carboxylic acids is 1. The van der Waals surface area contributed by atoms with E-state index in [2.05, 4.69) is 17.1 Å². The quantitative estimate of drug-likeness (QED) is 0.615. The Labute approximate surface area is 108 Å². The number of rotatable bonds is 5. The lowest BCUT2D eigenvalue weighted by Gasteiger charge is -2.01. The third kappa shape index (κ3) is 3.38. The van der Waals surface area contributed by atoms with Gasteiger partial charge in [0.1, 0.15) is 5.51 Å². The molecule has 0 atom stereocenters. The molecule has 0 aliphatic carbocycles. The van der Waals surface area contributed by atoms with Gasteiger partial charge in [-0.25, -0.2) is 0 Å². The minimum atomic E-state index is 0.132. The van der Waals surface area contributed by atoms with Crippen LogP contribution < -0.4 is 0 Å². The summed E-state index contributed by atoms with van der Waals surface area (Å²) in [6.07, 6.45) is 0.994. The number of carbonyl (C=O) groups is 1. The summed E-state index contributed by atoms with van der Waals surface area (Å²) in [6, 6.07) is 7.79. The number of nitrogens with zero attached hydrogens (tertiary/aromatic N) is 2. The van der Waals surface area contributed by atoms with Gasteiger partial charge in [0.25, 0.3) is 0 Å². The van der Waals surface area contributed by atoms with Crippen molar-refractivity contribution >= 4 is 28.9 Å². The van der Waals surface area contributed by atoms with Crippen molar-refractivity contribution in [3.8, 4) is 0 Å². The average molecular weight is 264 g/mol. The van der Waals surface area contributed by atoms with Crippen molar-refractivity contribution in [1.82, 2.24) is 10.2 Å². The summed E-state index contributed by atoms with van der Waals surface area (Å²) >= 11 is 2.89. The zero-order valence-electron chi connectivity index (χ0n) is 9.42. The lowest BCUT2D eigenvalue weighted by atomic mass is 10.1. The maximum absolute atomic E-state index is 11.9. The molecule has 1 aromatic heterocycles. The Morgan fingerprint density at radius 1 is 1.35 bits per heavy atom. The number of thioether (sulfide) groups is 1. The molecule has 0 saturated carbocycles. The summed E-state index contributed by atoms with van der Waals surface area (Å²) in [7, 11) is 0. The molecule has 17 heavy (non-hydrogen) atoms. The Morgan fingerprint density at radius 2 is 2.12 bits per heavy atom. The summed E-state index contributed by atoms with van der Waals surface area (Å²) in [6.45, 7) is 2.10. The molecule has 5 heteroatoms. The minimum Gasteiger partial charge on any atom is -0.293 e. The van der Waals surface area contributed by atoms with Gasteiger partial charge in [0.2, 0.25) is 0 Å². The molecule has 0 fully saturated rings. The maximum atomic E-state index is 11.9. The van der Waals surface area contributed by atoms with Crippen molar-refractivity contribution in [2.24, 2.45) is 0 Å². The number of hydrogen-bond acceptors (Lipinski definition) is 5. The van der Waals surface area contributed by atoms with Gasteiger partial charge in [-0.2, -0.15) is 0 Å². The highest BCUT2D eigenvalue weighted by Gasteiger charge is 2.07. The first-order chi connectivity index (χ1) is 8.29. The molecule has 88 valence electrons. The molecule has 0 bridgehead atoms. The fourth-order valence-electron chi connectivity index (χ4n) is 1.36. The molecule has 0 unspecified atom stereocenters. The van der Waals surface area contributed by atoms with Crippen molar-refractivity contribution in [2.75, 3.05) is 5.75 Å². The van der Waals surface area contributed by atoms with Gasteiger partial charge in [0, 0.05) is 5.56 Å². The number of Topliss-reactive ketones (excluding diaryl/α,β-unsaturated/α-hetero) is 1.